The van der Waals surface area contributed by atoms with E-state index in [4.69, 9.17) is 0 Å². The van der Waals surface area contributed by atoms with E-state index in [-0.39, 0.29) is 5.92 Å². The van der Waals surface area contributed by atoms with E-state index >= 15 is 0 Å². The molecule has 1 saturated carbocycles. The van der Waals surface area contributed by atoms with Crippen molar-refractivity contribution < 1.29 is 10.3 Å². The lowest BCUT2D eigenvalue weighted by Gasteiger charge is -2.28. The molecule has 0 heterocycles. The number of oxime groups is 1. The highest BCUT2D eigenvalue weighted by Crippen LogP contribution is 2.48. The molecule has 2 atom stereocenters. The first-order chi connectivity index (χ1) is 8.27. The van der Waals surface area contributed by atoms with Crippen LogP contribution in [0.2, 0.25) is 0 Å². The van der Waals surface area contributed by atoms with Crippen molar-refractivity contribution in [2.24, 2.45) is 5.16 Å². The Balaban J connectivity index is 2.18. The minimum atomic E-state index is -0.949. The van der Waals surface area contributed by atoms with Crippen molar-refractivity contribution in [2.45, 2.75) is 43.6 Å². The molecule has 1 aromatic rings. The van der Waals surface area contributed by atoms with Gasteiger partial charge in [-0.1, -0.05) is 48.7 Å². The largest absolute Gasteiger partial charge is 0.411 e. The molecule has 0 unspecified atom stereocenters. The predicted octanol–water partition coefficient (Wildman–Crippen LogP) is 2.66. The first-order valence-electron chi connectivity index (χ1n) is 6.31. The van der Waals surface area contributed by atoms with Gasteiger partial charge in [-0.2, -0.15) is 0 Å². The van der Waals surface area contributed by atoms with E-state index in [1.165, 1.54) is 0 Å². The Kier molecular flexibility index (Phi) is 2.44. The van der Waals surface area contributed by atoms with Crippen molar-refractivity contribution in [3.05, 3.63) is 35.4 Å². The van der Waals surface area contributed by atoms with Gasteiger partial charge in [-0.05, 0) is 18.4 Å². The zero-order valence-electron chi connectivity index (χ0n) is 9.76. The smallest absolute Gasteiger partial charge is 0.119 e. The SMILES string of the molecule is O/N=C1/c2ccccc2[C@@H]2CCCCC[C@@]12O. The first-order valence-corrected chi connectivity index (χ1v) is 6.31. The van der Waals surface area contributed by atoms with E-state index in [0.29, 0.717) is 12.1 Å². The molecule has 0 saturated heterocycles. The van der Waals surface area contributed by atoms with E-state index in [9.17, 15) is 10.3 Å². The molecule has 17 heavy (non-hydrogen) atoms. The molecular weight excluding hydrogens is 214 g/mol. The van der Waals surface area contributed by atoms with Gasteiger partial charge in [0.2, 0.25) is 0 Å². The Morgan fingerprint density at radius 2 is 2.00 bits per heavy atom. The van der Waals surface area contributed by atoms with Crippen LogP contribution in [0.25, 0.3) is 0 Å². The van der Waals surface area contributed by atoms with Crippen LogP contribution in [0, 0.1) is 0 Å². The summed E-state index contributed by atoms with van der Waals surface area (Å²) in [5.41, 5.74) is 1.59. The maximum Gasteiger partial charge on any atom is 0.119 e. The van der Waals surface area contributed by atoms with Crippen LogP contribution < -0.4 is 0 Å². The second-order valence-corrected chi connectivity index (χ2v) is 5.11. The Morgan fingerprint density at radius 3 is 2.82 bits per heavy atom. The number of fused-ring (bicyclic) bond motifs is 3. The summed E-state index contributed by atoms with van der Waals surface area (Å²) in [4.78, 5) is 0. The molecule has 1 fully saturated rings. The molecule has 0 amide bonds. The molecule has 0 aliphatic heterocycles. The van der Waals surface area contributed by atoms with Crippen LogP contribution >= 0.6 is 0 Å². The Bertz CT molecular complexity index is 469. The van der Waals surface area contributed by atoms with E-state index in [1.807, 2.05) is 18.2 Å². The van der Waals surface area contributed by atoms with E-state index in [2.05, 4.69) is 11.2 Å². The van der Waals surface area contributed by atoms with Crippen LogP contribution in [0.4, 0.5) is 0 Å². The zero-order valence-corrected chi connectivity index (χ0v) is 9.76. The van der Waals surface area contributed by atoms with E-state index < -0.39 is 5.60 Å². The number of rotatable bonds is 0. The zero-order chi connectivity index (χ0) is 11.9. The monoisotopic (exact) mass is 231 g/mol. The van der Waals surface area contributed by atoms with Gasteiger partial charge in [-0.3, -0.25) is 0 Å². The fourth-order valence-electron chi connectivity index (χ4n) is 3.42. The van der Waals surface area contributed by atoms with E-state index in [0.717, 1.165) is 36.8 Å². The van der Waals surface area contributed by atoms with Crippen LogP contribution in [0.5, 0.6) is 0 Å². The molecule has 3 heteroatoms. The number of hydrogen-bond donors (Lipinski definition) is 2. The highest BCUT2D eigenvalue weighted by Gasteiger charge is 2.50. The van der Waals surface area contributed by atoms with Gasteiger partial charge in [0.25, 0.3) is 0 Å². The molecule has 2 aliphatic rings. The van der Waals surface area contributed by atoms with Crippen molar-refractivity contribution in [3.8, 4) is 0 Å². The minimum absolute atomic E-state index is 0.104. The van der Waals surface area contributed by atoms with Crippen molar-refractivity contribution in [2.75, 3.05) is 0 Å². The second kappa shape index (κ2) is 3.84. The highest BCUT2D eigenvalue weighted by atomic mass is 16.4. The number of benzene rings is 1. The van der Waals surface area contributed by atoms with Crippen LogP contribution in [0.15, 0.2) is 29.4 Å². The molecule has 90 valence electrons. The third-order valence-electron chi connectivity index (χ3n) is 4.23. The first kappa shape index (κ1) is 10.8. The third kappa shape index (κ3) is 1.42. The summed E-state index contributed by atoms with van der Waals surface area (Å²) in [6.07, 6.45) is 4.97. The molecule has 1 aromatic carbocycles. The summed E-state index contributed by atoms with van der Waals surface area (Å²) in [7, 11) is 0. The molecule has 0 aromatic heterocycles. The molecule has 3 nitrogen and oxygen atoms in total. The Morgan fingerprint density at radius 1 is 1.18 bits per heavy atom. The van der Waals surface area contributed by atoms with Gasteiger partial charge in [-0.15, -0.1) is 0 Å². The van der Waals surface area contributed by atoms with Gasteiger partial charge >= 0.3 is 0 Å². The summed E-state index contributed by atoms with van der Waals surface area (Å²) < 4.78 is 0. The maximum atomic E-state index is 10.9. The summed E-state index contributed by atoms with van der Waals surface area (Å²) in [6, 6.07) is 7.91. The fraction of sp³-hybridized carbons (Fsp3) is 0.500. The molecule has 0 bridgehead atoms. The van der Waals surface area contributed by atoms with E-state index in [1.54, 1.807) is 0 Å². The highest BCUT2D eigenvalue weighted by molar-refractivity contribution is 6.11. The van der Waals surface area contributed by atoms with Crippen molar-refractivity contribution in [3.63, 3.8) is 0 Å². The predicted molar refractivity (Wildman–Crippen MR) is 65.5 cm³/mol. The van der Waals surface area contributed by atoms with Crippen molar-refractivity contribution in [1.29, 1.82) is 0 Å². The summed E-state index contributed by atoms with van der Waals surface area (Å²) in [5, 5.41) is 23.5. The summed E-state index contributed by atoms with van der Waals surface area (Å²) in [5.74, 6) is 0.104. The lowest BCUT2D eigenvalue weighted by Crippen LogP contribution is -2.39. The minimum Gasteiger partial charge on any atom is -0.411 e. The molecule has 0 spiro atoms. The standard InChI is InChI=1S/C14H17NO2/c16-14-9-5-1-2-8-12(14)10-6-3-4-7-11(10)13(14)15-17/h3-4,6-7,12,16-17H,1-2,5,8-9H2/b15-13-/t12-,14-/m0/s1. The fourth-order valence-corrected chi connectivity index (χ4v) is 3.42. The summed E-state index contributed by atoms with van der Waals surface area (Å²) in [6.45, 7) is 0. The Labute approximate surface area is 101 Å². The van der Waals surface area contributed by atoms with Crippen molar-refractivity contribution in [1.82, 2.24) is 0 Å². The maximum absolute atomic E-state index is 10.9. The number of aliphatic hydroxyl groups is 1. The van der Waals surface area contributed by atoms with Crippen LogP contribution in [0.1, 0.15) is 49.1 Å². The van der Waals surface area contributed by atoms with Gasteiger partial charge in [0.15, 0.2) is 0 Å². The normalized spacial score (nSPS) is 34.2. The van der Waals surface area contributed by atoms with Crippen LogP contribution in [-0.4, -0.2) is 21.6 Å². The van der Waals surface area contributed by atoms with Gasteiger partial charge < -0.3 is 10.3 Å². The second-order valence-electron chi connectivity index (χ2n) is 5.11. The average Bonchev–Trinajstić information content (AvgIpc) is 2.47. The molecule has 0 radical (unpaired) electrons. The van der Waals surface area contributed by atoms with Gasteiger partial charge in [-0.25, -0.2) is 0 Å². The third-order valence-corrected chi connectivity index (χ3v) is 4.23. The lowest BCUT2D eigenvalue weighted by atomic mass is 9.83. The van der Waals surface area contributed by atoms with Gasteiger partial charge in [0.1, 0.15) is 11.3 Å². The Hall–Kier alpha value is -1.35. The molecular formula is C14H17NO2. The molecule has 2 N–H and O–H groups in total. The van der Waals surface area contributed by atoms with Gasteiger partial charge in [0.05, 0.1) is 0 Å². The van der Waals surface area contributed by atoms with Crippen molar-refractivity contribution >= 4 is 5.71 Å². The number of nitrogens with zero attached hydrogens (tertiary/aromatic N) is 1. The van der Waals surface area contributed by atoms with Crippen LogP contribution in [0.3, 0.4) is 0 Å². The van der Waals surface area contributed by atoms with Crippen LogP contribution in [-0.2, 0) is 0 Å². The van der Waals surface area contributed by atoms with Gasteiger partial charge in [0, 0.05) is 11.5 Å². The summed E-state index contributed by atoms with van der Waals surface area (Å²) >= 11 is 0. The molecule has 3 rings (SSSR count). The lowest BCUT2D eigenvalue weighted by molar-refractivity contribution is 0.0772. The average molecular weight is 231 g/mol. The molecule has 2 aliphatic carbocycles. The number of hydrogen-bond acceptors (Lipinski definition) is 3. The quantitative estimate of drug-likeness (QED) is 0.532. The topological polar surface area (TPSA) is 52.8 Å².